The molecule has 5 heteroatoms. The fraction of sp³-hybridized carbons (Fsp3) is 0.350. The van der Waals surface area contributed by atoms with Crippen LogP contribution in [0.15, 0.2) is 48.5 Å². The van der Waals surface area contributed by atoms with Crippen molar-refractivity contribution in [3.63, 3.8) is 0 Å². The van der Waals surface area contributed by atoms with Gasteiger partial charge in [0.15, 0.2) is 0 Å². The van der Waals surface area contributed by atoms with E-state index < -0.39 is 0 Å². The van der Waals surface area contributed by atoms with Crippen molar-refractivity contribution in [1.82, 2.24) is 0 Å². The molecule has 1 unspecified atom stereocenters. The van der Waals surface area contributed by atoms with Gasteiger partial charge in [0, 0.05) is 11.0 Å². The lowest BCUT2D eigenvalue weighted by Crippen LogP contribution is -2.05. The topological polar surface area (TPSA) is 55.8 Å². The summed E-state index contributed by atoms with van der Waals surface area (Å²) >= 11 is 1.73. The van der Waals surface area contributed by atoms with Crippen LogP contribution in [0.2, 0.25) is 0 Å². The van der Waals surface area contributed by atoms with E-state index in [1.165, 1.54) is 7.11 Å². The Morgan fingerprint density at radius 1 is 1.12 bits per heavy atom. The highest BCUT2D eigenvalue weighted by Gasteiger charge is 2.15. The monoisotopic (exact) mass is 360 g/mol. The number of thioether (sulfide) groups is 1. The van der Waals surface area contributed by atoms with E-state index in [1.807, 2.05) is 36.4 Å². The van der Waals surface area contributed by atoms with Crippen molar-refractivity contribution in [3.8, 4) is 5.75 Å². The van der Waals surface area contributed by atoms with Gasteiger partial charge in [-0.2, -0.15) is 11.8 Å². The number of carbonyl (C=O) groups excluding carboxylic acids is 1. The van der Waals surface area contributed by atoms with E-state index in [0.717, 1.165) is 28.9 Å². The Bertz CT molecular complexity index is 687. The van der Waals surface area contributed by atoms with Crippen LogP contribution in [0.5, 0.6) is 5.75 Å². The molecule has 0 spiro atoms. The SMILES string of the molecule is COC(=O)CCSC(Cc1cccc(CO)c1)c1cccc(OC)c1. The van der Waals surface area contributed by atoms with Gasteiger partial charge in [0.25, 0.3) is 0 Å². The van der Waals surface area contributed by atoms with Crippen LogP contribution in [0.1, 0.15) is 28.4 Å². The predicted molar refractivity (Wildman–Crippen MR) is 101 cm³/mol. The van der Waals surface area contributed by atoms with E-state index in [4.69, 9.17) is 9.47 Å². The summed E-state index contributed by atoms with van der Waals surface area (Å²) in [4.78, 5) is 11.4. The molecule has 0 fully saturated rings. The summed E-state index contributed by atoms with van der Waals surface area (Å²) in [6.07, 6.45) is 1.20. The Morgan fingerprint density at radius 2 is 1.88 bits per heavy atom. The van der Waals surface area contributed by atoms with Gasteiger partial charge in [-0.1, -0.05) is 36.4 Å². The number of aliphatic hydroxyl groups is 1. The van der Waals surface area contributed by atoms with Crippen molar-refractivity contribution in [3.05, 3.63) is 65.2 Å². The van der Waals surface area contributed by atoms with E-state index in [-0.39, 0.29) is 17.8 Å². The summed E-state index contributed by atoms with van der Waals surface area (Å²) in [5.74, 6) is 1.31. The maximum atomic E-state index is 11.4. The number of ether oxygens (including phenoxy) is 2. The summed E-state index contributed by atoms with van der Waals surface area (Å²) in [6, 6.07) is 16.0. The highest BCUT2D eigenvalue weighted by molar-refractivity contribution is 7.99. The molecule has 0 amide bonds. The van der Waals surface area contributed by atoms with Crippen LogP contribution in [0.3, 0.4) is 0 Å². The largest absolute Gasteiger partial charge is 0.497 e. The first kappa shape index (κ1) is 19.3. The van der Waals surface area contributed by atoms with Gasteiger partial charge in [0.05, 0.1) is 27.2 Å². The normalized spacial score (nSPS) is 11.8. The van der Waals surface area contributed by atoms with E-state index >= 15 is 0 Å². The Morgan fingerprint density at radius 3 is 2.60 bits per heavy atom. The standard InChI is InChI=1S/C20H24O4S/c1-23-18-8-4-7-17(13-18)19(25-10-9-20(22)24-2)12-15-5-3-6-16(11-15)14-21/h3-8,11,13,19,21H,9-10,12,14H2,1-2H3. The van der Waals surface area contributed by atoms with Gasteiger partial charge in [0.1, 0.15) is 5.75 Å². The van der Waals surface area contributed by atoms with Crippen molar-refractivity contribution in [2.75, 3.05) is 20.0 Å². The number of hydrogen-bond acceptors (Lipinski definition) is 5. The zero-order chi connectivity index (χ0) is 18.1. The fourth-order valence-electron chi connectivity index (χ4n) is 2.57. The molecule has 2 aromatic carbocycles. The van der Waals surface area contributed by atoms with Gasteiger partial charge >= 0.3 is 5.97 Å². The van der Waals surface area contributed by atoms with Crippen LogP contribution in [-0.4, -0.2) is 31.0 Å². The second-order valence-corrected chi connectivity index (χ2v) is 6.95. The van der Waals surface area contributed by atoms with Crippen LogP contribution in [0.4, 0.5) is 0 Å². The molecular weight excluding hydrogens is 336 g/mol. The average molecular weight is 360 g/mol. The number of rotatable bonds is 9. The highest BCUT2D eigenvalue weighted by Crippen LogP contribution is 2.34. The van der Waals surface area contributed by atoms with Crippen LogP contribution in [-0.2, 0) is 22.6 Å². The third kappa shape index (κ3) is 6.11. The van der Waals surface area contributed by atoms with Crippen LogP contribution < -0.4 is 4.74 Å². The van der Waals surface area contributed by atoms with Gasteiger partial charge in [-0.25, -0.2) is 0 Å². The first-order valence-corrected chi connectivity index (χ1v) is 9.22. The molecule has 1 N–H and O–H groups in total. The molecule has 134 valence electrons. The summed E-state index contributed by atoms with van der Waals surface area (Å²) in [6.45, 7) is 0.0349. The second-order valence-electron chi connectivity index (χ2n) is 5.64. The summed E-state index contributed by atoms with van der Waals surface area (Å²) < 4.78 is 10.1. The first-order chi connectivity index (χ1) is 12.2. The van der Waals surface area contributed by atoms with E-state index in [0.29, 0.717) is 12.2 Å². The lowest BCUT2D eigenvalue weighted by Gasteiger charge is -2.18. The third-order valence-corrected chi connectivity index (χ3v) is 5.19. The fourth-order valence-corrected chi connectivity index (χ4v) is 3.79. The molecule has 0 radical (unpaired) electrons. The Labute approximate surface area is 153 Å². The summed E-state index contributed by atoms with van der Waals surface area (Å²) in [7, 11) is 3.07. The second kappa shape index (κ2) is 10.1. The molecular formula is C20H24O4S. The lowest BCUT2D eigenvalue weighted by atomic mass is 10.0. The predicted octanol–water partition coefficient (Wildman–Crippen LogP) is 3.77. The molecule has 0 aliphatic carbocycles. The van der Waals surface area contributed by atoms with Gasteiger partial charge < -0.3 is 14.6 Å². The zero-order valence-corrected chi connectivity index (χ0v) is 15.4. The zero-order valence-electron chi connectivity index (χ0n) is 14.6. The third-order valence-electron chi connectivity index (χ3n) is 3.91. The molecule has 2 aromatic rings. The molecule has 0 aromatic heterocycles. The summed E-state index contributed by atoms with van der Waals surface area (Å²) in [5.41, 5.74) is 3.22. The summed E-state index contributed by atoms with van der Waals surface area (Å²) in [5, 5.41) is 9.53. The minimum atomic E-state index is -0.195. The minimum Gasteiger partial charge on any atom is -0.497 e. The number of benzene rings is 2. The quantitative estimate of drug-likeness (QED) is 0.690. The Kier molecular flexibility index (Phi) is 7.82. The average Bonchev–Trinajstić information content (AvgIpc) is 2.67. The maximum absolute atomic E-state index is 11.4. The first-order valence-electron chi connectivity index (χ1n) is 8.17. The molecule has 2 rings (SSSR count). The van der Waals surface area contributed by atoms with Crippen molar-refractivity contribution in [2.24, 2.45) is 0 Å². The smallest absolute Gasteiger partial charge is 0.306 e. The number of methoxy groups -OCH3 is 2. The molecule has 0 bridgehead atoms. The van der Waals surface area contributed by atoms with Gasteiger partial charge in [-0.3, -0.25) is 4.79 Å². The van der Waals surface area contributed by atoms with Crippen LogP contribution in [0, 0.1) is 0 Å². The van der Waals surface area contributed by atoms with Crippen molar-refractivity contribution >= 4 is 17.7 Å². The number of carbonyl (C=O) groups is 1. The van der Waals surface area contributed by atoms with Crippen molar-refractivity contribution < 1.29 is 19.4 Å². The number of hydrogen-bond donors (Lipinski definition) is 1. The molecule has 4 nitrogen and oxygen atoms in total. The van der Waals surface area contributed by atoms with Gasteiger partial charge in [0.2, 0.25) is 0 Å². The van der Waals surface area contributed by atoms with E-state index in [1.54, 1.807) is 18.9 Å². The molecule has 0 saturated heterocycles. The van der Waals surface area contributed by atoms with Crippen LogP contribution in [0.25, 0.3) is 0 Å². The van der Waals surface area contributed by atoms with Crippen molar-refractivity contribution in [2.45, 2.75) is 24.7 Å². The molecule has 0 aliphatic rings. The van der Waals surface area contributed by atoms with Crippen molar-refractivity contribution in [1.29, 1.82) is 0 Å². The van der Waals surface area contributed by atoms with Gasteiger partial charge in [-0.15, -0.1) is 0 Å². The van der Waals surface area contributed by atoms with Crippen LogP contribution >= 0.6 is 11.8 Å². The molecule has 0 heterocycles. The van der Waals surface area contributed by atoms with Gasteiger partial charge in [-0.05, 0) is 35.2 Å². The lowest BCUT2D eigenvalue weighted by molar-refractivity contribution is -0.140. The van der Waals surface area contributed by atoms with E-state index in [2.05, 4.69) is 12.1 Å². The molecule has 1 atom stereocenters. The molecule has 25 heavy (non-hydrogen) atoms. The minimum absolute atomic E-state index is 0.0349. The van der Waals surface area contributed by atoms with E-state index in [9.17, 15) is 9.90 Å². The maximum Gasteiger partial charge on any atom is 0.306 e. The molecule has 0 saturated carbocycles. The molecule has 0 aliphatic heterocycles. The number of aliphatic hydroxyl groups excluding tert-OH is 1. The Balaban J connectivity index is 2.16. The Hall–Kier alpha value is -1.98. The number of esters is 1. The highest BCUT2D eigenvalue weighted by atomic mass is 32.2.